The summed E-state index contributed by atoms with van der Waals surface area (Å²) in [7, 11) is 0. The minimum absolute atomic E-state index is 0.277. The summed E-state index contributed by atoms with van der Waals surface area (Å²) in [4.78, 5) is 11.4. The molecule has 0 aromatic rings. The smallest absolute Gasteiger partial charge is 0.272 e. The second kappa shape index (κ2) is 3.00. The summed E-state index contributed by atoms with van der Waals surface area (Å²) in [6.07, 6.45) is -0.277. The molecule has 5 heteroatoms. The number of nitrogens with zero attached hydrogens (tertiary/aromatic N) is 2. The fourth-order valence-electron chi connectivity index (χ4n) is 1.20. The van der Waals surface area contributed by atoms with Crippen molar-refractivity contribution in [3.63, 3.8) is 0 Å². The van der Waals surface area contributed by atoms with Crippen molar-refractivity contribution in [3.8, 4) is 0 Å². The second-order valence-corrected chi connectivity index (χ2v) is 4.49. The van der Waals surface area contributed by atoms with E-state index in [1.807, 2.05) is 0 Å². The molecular formula is C9H14F2N2O. The number of halogens is 2. The average molecular weight is 204 g/mol. The van der Waals surface area contributed by atoms with Crippen molar-refractivity contribution < 1.29 is 13.6 Å². The van der Waals surface area contributed by atoms with Gasteiger partial charge in [0.1, 0.15) is 5.71 Å². The lowest BCUT2D eigenvalue weighted by Gasteiger charge is -2.27. The molecule has 0 spiro atoms. The molecule has 1 rings (SSSR count). The van der Waals surface area contributed by atoms with E-state index in [0.717, 1.165) is 11.9 Å². The van der Waals surface area contributed by atoms with Gasteiger partial charge in [-0.25, -0.2) is 13.8 Å². The summed E-state index contributed by atoms with van der Waals surface area (Å²) in [6, 6.07) is 0. The third kappa shape index (κ3) is 2.08. The van der Waals surface area contributed by atoms with Crippen molar-refractivity contribution >= 4 is 11.6 Å². The van der Waals surface area contributed by atoms with Crippen LogP contribution in [0, 0.1) is 0 Å². The molecule has 1 heterocycles. The Balaban J connectivity index is 2.94. The van der Waals surface area contributed by atoms with Crippen LogP contribution in [0.5, 0.6) is 0 Å². The molecule has 0 aliphatic carbocycles. The van der Waals surface area contributed by atoms with Crippen molar-refractivity contribution in [1.29, 1.82) is 0 Å². The number of amides is 1. The predicted octanol–water partition coefficient (Wildman–Crippen LogP) is 2.03. The van der Waals surface area contributed by atoms with Crippen molar-refractivity contribution in [3.05, 3.63) is 0 Å². The molecule has 0 aromatic heterocycles. The Bertz CT molecular complexity index is 286. The first-order valence-electron chi connectivity index (χ1n) is 4.41. The van der Waals surface area contributed by atoms with E-state index < -0.39 is 11.5 Å². The fraction of sp³-hybridized carbons (Fsp3) is 0.778. The van der Waals surface area contributed by atoms with Crippen LogP contribution in [0.2, 0.25) is 0 Å². The van der Waals surface area contributed by atoms with Gasteiger partial charge in [0.25, 0.3) is 5.92 Å². The number of hydrogen-bond donors (Lipinski definition) is 0. The number of alkyl halides is 2. The van der Waals surface area contributed by atoms with Crippen molar-refractivity contribution in [2.75, 3.05) is 0 Å². The largest absolute Gasteiger partial charge is 0.285 e. The molecule has 0 saturated carbocycles. The van der Waals surface area contributed by atoms with Crippen LogP contribution >= 0.6 is 0 Å². The molecule has 1 amide bonds. The van der Waals surface area contributed by atoms with E-state index in [0.29, 0.717) is 0 Å². The van der Waals surface area contributed by atoms with Gasteiger partial charge in [0.05, 0.1) is 12.0 Å². The lowest BCUT2D eigenvalue weighted by molar-refractivity contribution is -0.133. The highest BCUT2D eigenvalue weighted by Crippen LogP contribution is 2.27. The number of rotatable bonds is 1. The summed E-state index contributed by atoms with van der Waals surface area (Å²) >= 11 is 0. The van der Waals surface area contributed by atoms with E-state index >= 15 is 0 Å². The maximum atomic E-state index is 12.9. The maximum absolute atomic E-state index is 12.9. The monoisotopic (exact) mass is 204 g/mol. The van der Waals surface area contributed by atoms with Gasteiger partial charge in [-0.05, 0) is 20.8 Å². The number of carbonyl (C=O) groups excluding carboxylic acids is 1. The lowest BCUT2D eigenvalue weighted by Crippen LogP contribution is -2.38. The Hall–Kier alpha value is -1.00. The molecule has 0 atom stereocenters. The van der Waals surface area contributed by atoms with Crippen molar-refractivity contribution in [2.24, 2.45) is 5.10 Å². The highest BCUT2D eigenvalue weighted by atomic mass is 19.3. The van der Waals surface area contributed by atoms with Crippen LogP contribution in [0.25, 0.3) is 0 Å². The maximum Gasteiger partial charge on any atom is 0.285 e. The average Bonchev–Trinajstić information content (AvgIpc) is 2.27. The van der Waals surface area contributed by atoms with Crippen LogP contribution in [0.15, 0.2) is 5.10 Å². The SMILES string of the molecule is CC(F)(F)C1=NN(C(C)(C)C)C(=O)C1. The molecule has 0 unspecified atom stereocenters. The highest BCUT2D eigenvalue weighted by Gasteiger charge is 2.41. The van der Waals surface area contributed by atoms with E-state index in [4.69, 9.17) is 0 Å². The highest BCUT2D eigenvalue weighted by molar-refractivity contribution is 6.08. The zero-order valence-corrected chi connectivity index (χ0v) is 8.77. The van der Waals surface area contributed by atoms with Crippen LogP contribution in [0.4, 0.5) is 8.78 Å². The van der Waals surface area contributed by atoms with Crippen LogP contribution in [-0.2, 0) is 4.79 Å². The Kier molecular flexibility index (Phi) is 2.37. The van der Waals surface area contributed by atoms with Crippen molar-refractivity contribution in [1.82, 2.24) is 5.01 Å². The molecule has 14 heavy (non-hydrogen) atoms. The predicted molar refractivity (Wildman–Crippen MR) is 49.3 cm³/mol. The normalized spacial score (nSPS) is 18.9. The van der Waals surface area contributed by atoms with Gasteiger partial charge in [-0.15, -0.1) is 0 Å². The zero-order chi connectivity index (χ0) is 11.1. The van der Waals surface area contributed by atoms with E-state index in [9.17, 15) is 13.6 Å². The van der Waals surface area contributed by atoms with Gasteiger partial charge < -0.3 is 0 Å². The van der Waals surface area contributed by atoms with Gasteiger partial charge in [0.15, 0.2) is 0 Å². The first-order chi connectivity index (χ1) is 6.12. The molecule has 3 nitrogen and oxygen atoms in total. The third-order valence-corrected chi connectivity index (χ3v) is 1.92. The van der Waals surface area contributed by atoms with Crippen LogP contribution in [-0.4, -0.2) is 28.1 Å². The standard InChI is InChI=1S/C9H14F2N2O/c1-8(2,3)13-7(14)5-6(12-13)9(4,10)11/h5H2,1-4H3. The van der Waals surface area contributed by atoms with E-state index in [2.05, 4.69) is 5.10 Å². The molecule has 1 aliphatic rings. The topological polar surface area (TPSA) is 32.7 Å². The number of carbonyl (C=O) groups is 1. The van der Waals surface area contributed by atoms with Gasteiger partial charge in [-0.1, -0.05) is 0 Å². The molecule has 1 aliphatic heterocycles. The third-order valence-electron chi connectivity index (χ3n) is 1.92. The fourth-order valence-corrected chi connectivity index (χ4v) is 1.20. The summed E-state index contributed by atoms with van der Waals surface area (Å²) in [5, 5.41) is 4.79. The Morgan fingerprint density at radius 2 is 1.79 bits per heavy atom. The first-order valence-corrected chi connectivity index (χ1v) is 4.41. The number of hydrazone groups is 1. The van der Waals surface area contributed by atoms with Crippen LogP contribution < -0.4 is 0 Å². The van der Waals surface area contributed by atoms with Crippen LogP contribution in [0.3, 0.4) is 0 Å². The molecule has 0 fully saturated rings. The Labute approximate surface area is 81.8 Å². The zero-order valence-electron chi connectivity index (χ0n) is 8.77. The molecule has 0 N–H and O–H groups in total. The quantitative estimate of drug-likeness (QED) is 0.643. The van der Waals surface area contributed by atoms with Gasteiger partial charge in [-0.2, -0.15) is 5.10 Å². The molecule has 0 bridgehead atoms. The second-order valence-electron chi connectivity index (χ2n) is 4.49. The molecule has 0 radical (unpaired) electrons. The summed E-state index contributed by atoms with van der Waals surface area (Å²) in [5.74, 6) is -3.37. The number of hydrogen-bond acceptors (Lipinski definition) is 2. The van der Waals surface area contributed by atoms with Gasteiger partial charge in [0.2, 0.25) is 5.91 Å². The van der Waals surface area contributed by atoms with E-state index in [1.165, 1.54) is 0 Å². The van der Waals surface area contributed by atoms with Gasteiger partial charge in [0, 0.05) is 6.92 Å². The molecular weight excluding hydrogens is 190 g/mol. The van der Waals surface area contributed by atoms with E-state index in [1.54, 1.807) is 20.8 Å². The van der Waals surface area contributed by atoms with Crippen LogP contribution in [0.1, 0.15) is 34.1 Å². The summed E-state index contributed by atoms with van der Waals surface area (Å²) in [6.45, 7) is 6.02. The minimum Gasteiger partial charge on any atom is -0.272 e. The Morgan fingerprint density at radius 3 is 2.00 bits per heavy atom. The minimum atomic E-state index is -3.00. The summed E-state index contributed by atoms with van der Waals surface area (Å²) < 4.78 is 25.7. The summed E-state index contributed by atoms with van der Waals surface area (Å²) in [5.41, 5.74) is -0.887. The Morgan fingerprint density at radius 1 is 1.29 bits per heavy atom. The van der Waals surface area contributed by atoms with Gasteiger partial charge in [-0.3, -0.25) is 4.79 Å². The lowest BCUT2D eigenvalue weighted by atomic mass is 10.1. The first kappa shape index (κ1) is 11.1. The van der Waals surface area contributed by atoms with Gasteiger partial charge >= 0.3 is 0 Å². The molecule has 0 saturated heterocycles. The van der Waals surface area contributed by atoms with E-state index in [-0.39, 0.29) is 18.0 Å². The molecule has 0 aromatic carbocycles. The van der Waals surface area contributed by atoms with Crippen molar-refractivity contribution in [2.45, 2.75) is 45.6 Å². The molecule has 80 valence electrons.